The van der Waals surface area contributed by atoms with E-state index in [1.165, 1.54) is 11.3 Å². The molecule has 0 amide bonds. The quantitative estimate of drug-likeness (QED) is 0.803. The first kappa shape index (κ1) is 18.4. The van der Waals surface area contributed by atoms with Crippen molar-refractivity contribution in [2.45, 2.75) is 30.1 Å². The third kappa shape index (κ3) is 4.33. The Balaban J connectivity index is 2.19. The first-order valence-electron chi connectivity index (χ1n) is 7.20. The smallest absolute Gasteiger partial charge is 0.250 e. The van der Waals surface area contributed by atoms with E-state index in [0.717, 1.165) is 16.9 Å². The van der Waals surface area contributed by atoms with Gasteiger partial charge in [0.15, 0.2) is 0 Å². The Morgan fingerprint density at radius 3 is 2.61 bits per heavy atom. The Hall–Kier alpha value is -0.920. The molecule has 0 aliphatic carbocycles. The largest absolute Gasteiger partial charge is 0.372 e. The fourth-order valence-electron chi connectivity index (χ4n) is 2.11. The van der Waals surface area contributed by atoms with E-state index in [2.05, 4.69) is 4.72 Å². The molecule has 0 aliphatic rings. The summed E-state index contributed by atoms with van der Waals surface area (Å²) >= 11 is 7.30. The maximum Gasteiger partial charge on any atom is 0.250 e. The predicted molar refractivity (Wildman–Crippen MR) is 94.7 cm³/mol. The molecule has 2 aromatic rings. The van der Waals surface area contributed by atoms with Crippen molar-refractivity contribution in [2.24, 2.45) is 0 Å². The molecule has 0 fully saturated rings. The molecule has 0 unspecified atom stereocenters. The highest BCUT2D eigenvalue weighted by molar-refractivity contribution is 7.91. The number of rotatable bonds is 7. The molecule has 1 aromatic carbocycles. The van der Waals surface area contributed by atoms with Gasteiger partial charge in [-0.3, -0.25) is 0 Å². The zero-order chi connectivity index (χ0) is 17.1. The number of ether oxygens (including phenoxy) is 1. The molecule has 126 valence electrons. The summed E-state index contributed by atoms with van der Waals surface area (Å²) in [6.07, 6.45) is 0.818. The van der Waals surface area contributed by atoms with Crippen LogP contribution in [0.5, 0.6) is 0 Å². The van der Waals surface area contributed by atoms with Crippen LogP contribution in [-0.2, 0) is 26.8 Å². The minimum atomic E-state index is -3.56. The molecular weight excluding hydrogens is 354 g/mol. The molecule has 7 heteroatoms. The molecule has 0 bridgehead atoms. The zero-order valence-electron chi connectivity index (χ0n) is 13.3. The lowest BCUT2D eigenvalue weighted by molar-refractivity contribution is 0.00700. The summed E-state index contributed by atoms with van der Waals surface area (Å²) in [6.45, 7) is 3.94. The van der Waals surface area contributed by atoms with Gasteiger partial charge in [0.05, 0.1) is 0 Å². The molecule has 0 saturated carbocycles. The van der Waals surface area contributed by atoms with Gasteiger partial charge in [0.25, 0.3) is 0 Å². The highest BCUT2D eigenvalue weighted by atomic mass is 35.5. The number of benzene rings is 1. The number of aryl methyl sites for hydroxylation is 1. The minimum Gasteiger partial charge on any atom is -0.372 e. The van der Waals surface area contributed by atoms with E-state index in [-0.39, 0.29) is 6.54 Å². The van der Waals surface area contributed by atoms with Crippen LogP contribution in [0.15, 0.2) is 40.6 Å². The topological polar surface area (TPSA) is 55.4 Å². The predicted octanol–water partition coefficient (Wildman–Crippen LogP) is 3.80. The molecule has 1 atom stereocenters. The summed E-state index contributed by atoms with van der Waals surface area (Å²) in [5.74, 6) is 0. The van der Waals surface area contributed by atoms with Gasteiger partial charge in [0.1, 0.15) is 9.81 Å². The minimum absolute atomic E-state index is 0.117. The van der Waals surface area contributed by atoms with Gasteiger partial charge < -0.3 is 4.74 Å². The van der Waals surface area contributed by atoms with Gasteiger partial charge in [-0.2, -0.15) is 0 Å². The molecule has 0 spiro atoms. The summed E-state index contributed by atoms with van der Waals surface area (Å²) in [4.78, 5) is 1.04. The maximum absolute atomic E-state index is 12.4. The number of hydrogen-bond acceptors (Lipinski definition) is 4. The van der Waals surface area contributed by atoms with E-state index in [1.807, 2.05) is 32.0 Å². The summed E-state index contributed by atoms with van der Waals surface area (Å²) in [6, 6.07) is 10.7. The number of thiophene rings is 1. The lowest BCUT2D eigenvalue weighted by atomic mass is 9.96. The first-order chi connectivity index (χ1) is 10.8. The van der Waals surface area contributed by atoms with Crippen molar-refractivity contribution in [3.63, 3.8) is 0 Å². The molecule has 0 saturated heterocycles. The first-order valence-corrected chi connectivity index (χ1v) is 9.88. The lowest BCUT2D eigenvalue weighted by Gasteiger charge is -2.29. The molecule has 4 nitrogen and oxygen atoms in total. The number of sulfonamides is 1. The van der Waals surface area contributed by atoms with Crippen molar-refractivity contribution in [1.29, 1.82) is 0 Å². The molecule has 1 aromatic heterocycles. The van der Waals surface area contributed by atoms with E-state index in [4.69, 9.17) is 16.3 Å². The second-order valence-corrected chi connectivity index (χ2v) is 8.94. The van der Waals surface area contributed by atoms with Crippen molar-refractivity contribution in [3.8, 4) is 0 Å². The van der Waals surface area contributed by atoms with Gasteiger partial charge >= 0.3 is 0 Å². The van der Waals surface area contributed by atoms with Gasteiger partial charge in [-0.15, -0.1) is 11.3 Å². The van der Waals surface area contributed by atoms with Crippen LogP contribution >= 0.6 is 22.9 Å². The normalized spacial score (nSPS) is 14.6. The van der Waals surface area contributed by atoms with Gasteiger partial charge in [0.2, 0.25) is 10.0 Å². The number of methoxy groups -OCH3 is 1. The zero-order valence-corrected chi connectivity index (χ0v) is 15.7. The number of halogens is 1. The van der Waals surface area contributed by atoms with E-state index in [1.54, 1.807) is 25.3 Å². The van der Waals surface area contributed by atoms with Gasteiger partial charge in [-0.1, -0.05) is 30.7 Å². The molecule has 0 aliphatic heterocycles. The van der Waals surface area contributed by atoms with Gasteiger partial charge in [-0.25, -0.2) is 13.1 Å². The van der Waals surface area contributed by atoms with Crippen LogP contribution in [0.4, 0.5) is 0 Å². The Morgan fingerprint density at radius 2 is 2.04 bits per heavy atom. The van der Waals surface area contributed by atoms with E-state index >= 15 is 0 Å². The van der Waals surface area contributed by atoms with E-state index in [0.29, 0.717) is 9.23 Å². The molecular formula is C16H20ClNO3S2. The second-order valence-electron chi connectivity index (χ2n) is 5.34. The Kier molecular flexibility index (Phi) is 5.86. The summed E-state index contributed by atoms with van der Waals surface area (Å²) in [7, 11) is -2.00. The van der Waals surface area contributed by atoms with Crippen LogP contribution in [0.2, 0.25) is 5.02 Å². The SMILES string of the molecule is CCc1ccc(S(=O)(=O)NC[C@](C)(OC)c2cccc(Cl)c2)s1. The maximum atomic E-state index is 12.4. The fraction of sp³-hybridized carbons (Fsp3) is 0.375. The van der Waals surface area contributed by atoms with Crippen molar-refractivity contribution in [2.75, 3.05) is 13.7 Å². The fourth-order valence-corrected chi connectivity index (χ4v) is 4.76. The Bertz CT molecular complexity index is 773. The average Bonchev–Trinajstić information content (AvgIpc) is 3.03. The van der Waals surface area contributed by atoms with E-state index in [9.17, 15) is 8.42 Å². The van der Waals surface area contributed by atoms with Crippen molar-refractivity contribution in [3.05, 3.63) is 51.9 Å². The third-order valence-corrected chi connectivity index (χ3v) is 7.09. The van der Waals surface area contributed by atoms with Gasteiger partial charge in [0, 0.05) is 23.6 Å². The second kappa shape index (κ2) is 7.32. The molecule has 23 heavy (non-hydrogen) atoms. The van der Waals surface area contributed by atoms with Crippen LogP contribution in [0.25, 0.3) is 0 Å². The van der Waals surface area contributed by atoms with Crippen LogP contribution in [0.3, 0.4) is 0 Å². The number of nitrogens with one attached hydrogen (secondary N) is 1. The molecule has 1 N–H and O–H groups in total. The summed E-state index contributed by atoms with van der Waals surface area (Å²) < 4.78 is 33.4. The molecule has 0 radical (unpaired) electrons. The van der Waals surface area contributed by atoms with Crippen LogP contribution < -0.4 is 4.72 Å². The average molecular weight is 374 g/mol. The third-order valence-electron chi connectivity index (χ3n) is 3.74. The van der Waals surface area contributed by atoms with E-state index < -0.39 is 15.6 Å². The molecule has 1 heterocycles. The van der Waals surface area contributed by atoms with Crippen LogP contribution in [0, 0.1) is 0 Å². The summed E-state index contributed by atoms with van der Waals surface area (Å²) in [5, 5.41) is 0.583. The lowest BCUT2D eigenvalue weighted by Crippen LogP contribution is -2.39. The van der Waals surface area contributed by atoms with Crippen molar-refractivity contribution < 1.29 is 13.2 Å². The monoisotopic (exact) mass is 373 g/mol. The van der Waals surface area contributed by atoms with Crippen molar-refractivity contribution in [1.82, 2.24) is 4.72 Å². The highest BCUT2D eigenvalue weighted by Gasteiger charge is 2.29. The standard InChI is InChI=1S/C16H20ClNO3S2/c1-4-14-8-9-15(22-14)23(19,20)18-11-16(2,21-3)12-6-5-7-13(17)10-12/h5-10,18H,4,11H2,1-3H3/t16-/m0/s1. The summed E-state index contributed by atoms with van der Waals surface area (Å²) in [5.41, 5.74) is 0.0126. The van der Waals surface area contributed by atoms with Crippen molar-refractivity contribution >= 4 is 33.0 Å². The number of hydrogen-bond donors (Lipinski definition) is 1. The van der Waals surface area contributed by atoms with Crippen LogP contribution in [-0.4, -0.2) is 22.1 Å². The highest BCUT2D eigenvalue weighted by Crippen LogP contribution is 2.28. The van der Waals surface area contributed by atoms with Gasteiger partial charge in [-0.05, 0) is 43.2 Å². The molecule has 2 rings (SSSR count). The Labute approximate surface area is 146 Å². The van der Waals surface area contributed by atoms with Crippen LogP contribution in [0.1, 0.15) is 24.3 Å². The Morgan fingerprint density at radius 1 is 1.30 bits per heavy atom.